The Morgan fingerprint density at radius 3 is 2.92 bits per heavy atom. The zero-order valence-corrected chi connectivity index (χ0v) is 15.7. The van der Waals surface area contributed by atoms with E-state index >= 15 is 0 Å². The van der Waals surface area contributed by atoms with Gasteiger partial charge in [-0.25, -0.2) is 4.98 Å². The highest BCUT2D eigenvalue weighted by Crippen LogP contribution is 2.27. The van der Waals surface area contributed by atoms with Crippen LogP contribution in [-0.4, -0.2) is 57.3 Å². The van der Waals surface area contributed by atoms with E-state index in [-0.39, 0.29) is 0 Å². The van der Waals surface area contributed by atoms with Gasteiger partial charge < -0.3 is 15.3 Å². The van der Waals surface area contributed by atoms with E-state index in [9.17, 15) is 5.11 Å². The minimum Gasteiger partial charge on any atom is -0.386 e. The molecule has 0 radical (unpaired) electrons. The zero-order valence-electron chi connectivity index (χ0n) is 14.2. The molecular weight excluding hydrogens is 360 g/mol. The van der Waals surface area contributed by atoms with Gasteiger partial charge in [-0.1, -0.05) is 11.6 Å². The van der Waals surface area contributed by atoms with E-state index in [0.717, 1.165) is 49.1 Å². The van der Waals surface area contributed by atoms with Crippen LogP contribution in [0.3, 0.4) is 0 Å². The standard InChI is InChI=1S/C16H23ClN6OS/c1-2-18-16(19-9-12(24)13-3-4-14(17)25-13)23-7-5-11(6-8-23)15-20-10-21-22-15/h3-4,10-12,24H,2,5-9H2,1H3,(H,18,19)(H,20,21,22). The first-order chi connectivity index (χ1) is 12.2. The Morgan fingerprint density at radius 1 is 1.52 bits per heavy atom. The van der Waals surface area contributed by atoms with Gasteiger partial charge in [0.05, 0.1) is 10.9 Å². The molecule has 1 aliphatic heterocycles. The number of piperidine rings is 1. The highest BCUT2D eigenvalue weighted by Gasteiger charge is 2.24. The van der Waals surface area contributed by atoms with Crippen LogP contribution in [0.1, 0.15) is 42.5 Å². The fraction of sp³-hybridized carbons (Fsp3) is 0.562. The van der Waals surface area contributed by atoms with E-state index in [1.807, 2.05) is 13.0 Å². The zero-order chi connectivity index (χ0) is 17.6. The molecule has 7 nitrogen and oxygen atoms in total. The van der Waals surface area contributed by atoms with Crippen molar-refractivity contribution in [1.82, 2.24) is 25.4 Å². The van der Waals surface area contributed by atoms with Gasteiger partial charge in [-0.15, -0.1) is 11.3 Å². The first-order valence-electron chi connectivity index (χ1n) is 8.49. The molecule has 2 aromatic heterocycles. The molecule has 9 heteroatoms. The van der Waals surface area contributed by atoms with Crippen molar-refractivity contribution in [2.24, 2.45) is 4.99 Å². The van der Waals surface area contributed by atoms with Crippen molar-refractivity contribution < 1.29 is 5.11 Å². The van der Waals surface area contributed by atoms with Gasteiger partial charge in [0.25, 0.3) is 0 Å². The Labute approximate surface area is 156 Å². The van der Waals surface area contributed by atoms with Crippen LogP contribution in [0.5, 0.6) is 0 Å². The Bertz CT molecular complexity index is 681. The second-order valence-electron chi connectivity index (χ2n) is 5.98. The summed E-state index contributed by atoms with van der Waals surface area (Å²) in [5.74, 6) is 2.23. The molecule has 0 bridgehead atoms. The van der Waals surface area contributed by atoms with Gasteiger partial charge in [0.15, 0.2) is 5.96 Å². The molecule has 136 valence electrons. The first kappa shape index (κ1) is 18.2. The molecule has 3 N–H and O–H groups in total. The summed E-state index contributed by atoms with van der Waals surface area (Å²) >= 11 is 7.32. The van der Waals surface area contributed by atoms with Crippen LogP contribution in [0, 0.1) is 0 Å². The van der Waals surface area contributed by atoms with Gasteiger partial charge in [-0.05, 0) is 31.9 Å². The van der Waals surface area contributed by atoms with Gasteiger partial charge in [-0.3, -0.25) is 10.1 Å². The number of thiophene rings is 1. The van der Waals surface area contributed by atoms with Gasteiger partial charge in [0.2, 0.25) is 0 Å². The number of nitrogens with zero attached hydrogens (tertiary/aromatic N) is 4. The molecule has 0 spiro atoms. The SMILES string of the molecule is CCNC(=NCC(O)c1ccc(Cl)s1)N1CCC(c2ncn[nH]2)CC1. The summed E-state index contributed by atoms with van der Waals surface area (Å²) in [5.41, 5.74) is 0. The average Bonchev–Trinajstić information content (AvgIpc) is 3.30. The molecule has 3 heterocycles. The molecule has 0 aliphatic carbocycles. The molecule has 1 aliphatic rings. The largest absolute Gasteiger partial charge is 0.386 e. The highest BCUT2D eigenvalue weighted by atomic mass is 35.5. The Hall–Kier alpha value is -1.64. The van der Waals surface area contributed by atoms with Crippen molar-refractivity contribution in [1.29, 1.82) is 0 Å². The van der Waals surface area contributed by atoms with Crippen molar-refractivity contribution in [3.8, 4) is 0 Å². The maximum absolute atomic E-state index is 10.3. The average molecular weight is 383 g/mol. The molecule has 1 saturated heterocycles. The number of aliphatic hydroxyl groups is 1. The number of halogens is 1. The number of likely N-dealkylation sites (tertiary alicyclic amines) is 1. The minimum atomic E-state index is -0.627. The summed E-state index contributed by atoms with van der Waals surface area (Å²) in [6.07, 6.45) is 2.94. The van der Waals surface area contributed by atoms with Crippen LogP contribution >= 0.6 is 22.9 Å². The van der Waals surface area contributed by atoms with Crippen LogP contribution in [0.15, 0.2) is 23.5 Å². The molecule has 0 amide bonds. The lowest BCUT2D eigenvalue weighted by Gasteiger charge is -2.33. The summed E-state index contributed by atoms with van der Waals surface area (Å²) in [4.78, 5) is 12.0. The van der Waals surface area contributed by atoms with Crippen molar-refractivity contribution in [3.05, 3.63) is 33.5 Å². The van der Waals surface area contributed by atoms with Crippen molar-refractivity contribution >= 4 is 28.9 Å². The van der Waals surface area contributed by atoms with Crippen molar-refractivity contribution in [2.75, 3.05) is 26.2 Å². The summed E-state index contributed by atoms with van der Waals surface area (Å²) in [6.45, 7) is 4.96. The maximum atomic E-state index is 10.3. The molecule has 1 unspecified atom stereocenters. The van der Waals surface area contributed by atoms with Crippen molar-refractivity contribution in [2.45, 2.75) is 31.8 Å². The van der Waals surface area contributed by atoms with Crippen LogP contribution in [-0.2, 0) is 0 Å². The third-order valence-corrected chi connectivity index (χ3v) is 5.62. The van der Waals surface area contributed by atoms with Gasteiger partial charge in [-0.2, -0.15) is 5.10 Å². The molecule has 3 rings (SSSR count). The van der Waals surface area contributed by atoms with E-state index in [1.165, 1.54) is 11.3 Å². The lowest BCUT2D eigenvalue weighted by atomic mass is 9.96. The van der Waals surface area contributed by atoms with E-state index < -0.39 is 6.10 Å². The predicted octanol–water partition coefficient (Wildman–Crippen LogP) is 2.40. The smallest absolute Gasteiger partial charge is 0.194 e. The number of nitrogens with one attached hydrogen (secondary N) is 2. The molecule has 0 saturated carbocycles. The molecule has 2 aromatic rings. The number of aromatic amines is 1. The topological polar surface area (TPSA) is 89.4 Å². The van der Waals surface area contributed by atoms with E-state index in [0.29, 0.717) is 16.8 Å². The summed E-state index contributed by atoms with van der Waals surface area (Å²) in [5, 5.41) is 20.5. The van der Waals surface area contributed by atoms with Crippen LogP contribution < -0.4 is 5.32 Å². The third kappa shape index (κ3) is 4.71. The minimum absolute atomic E-state index is 0.321. The molecule has 0 aromatic carbocycles. The fourth-order valence-electron chi connectivity index (χ4n) is 2.97. The van der Waals surface area contributed by atoms with E-state index in [1.54, 1.807) is 12.4 Å². The number of aliphatic imine (C=N–C) groups is 1. The number of H-pyrrole nitrogens is 1. The van der Waals surface area contributed by atoms with Crippen LogP contribution in [0.4, 0.5) is 0 Å². The Balaban J connectivity index is 1.59. The van der Waals surface area contributed by atoms with Gasteiger partial charge >= 0.3 is 0 Å². The normalized spacial score (nSPS) is 17.7. The summed E-state index contributed by atoms with van der Waals surface area (Å²) < 4.78 is 0.680. The van der Waals surface area contributed by atoms with Gasteiger partial charge in [0, 0.05) is 30.4 Å². The third-order valence-electron chi connectivity index (χ3n) is 4.29. The first-order valence-corrected chi connectivity index (χ1v) is 9.68. The number of hydrogen-bond donors (Lipinski definition) is 3. The lowest BCUT2D eigenvalue weighted by Crippen LogP contribution is -2.45. The Morgan fingerprint density at radius 2 is 2.32 bits per heavy atom. The second kappa shape index (κ2) is 8.64. The van der Waals surface area contributed by atoms with Gasteiger partial charge in [0.1, 0.15) is 18.3 Å². The van der Waals surface area contributed by atoms with Crippen LogP contribution in [0.2, 0.25) is 4.34 Å². The lowest BCUT2D eigenvalue weighted by molar-refractivity contribution is 0.190. The fourth-order valence-corrected chi connectivity index (χ4v) is 4.01. The molecular formula is C16H23ClN6OS. The maximum Gasteiger partial charge on any atom is 0.194 e. The van der Waals surface area contributed by atoms with E-state index in [2.05, 4.69) is 30.4 Å². The van der Waals surface area contributed by atoms with E-state index in [4.69, 9.17) is 11.6 Å². The Kier molecular flexibility index (Phi) is 6.28. The number of rotatable bonds is 5. The van der Waals surface area contributed by atoms with Crippen molar-refractivity contribution in [3.63, 3.8) is 0 Å². The molecule has 1 atom stereocenters. The number of aliphatic hydroxyl groups excluding tert-OH is 1. The molecule has 1 fully saturated rings. The number of aromatic nitrogens is 3. The number of guanidine groups is 1. The summed E-state index contributed by atoms with van der Waals surface area (Å²) in [6, 6.07) is 3.65. The summed E-state index contributed by atoms with van der Waals surface area (Å²) in [7, 11) is 0. The monoisotopic (exact) mass is 382 g/mol. The predicted molar refractivity (Wildman–Crippen MR) is 100 cm³/mol. The molecule has 25 heavy (non-hydrogen) atoms. The van der Waals surface area contributed by atoms with Crippen LogP contribution in [0.25, 0.3) is 0 Å². The second-order valence-corrected chi connectivity index (χ2v) is 7.73. The highest BCUT2D eigenvalue weighted by molar-refractivity contribution is 7.16. The number of hydrogen-bond acceptors (Lipinski definition) is 5. The quantitative estimate of drug-likeness (QED) is 0.545.